The lowest BCUT2D eigenvalue weighted by atomic mass is 9.99. The fourth-order valence-electron chi connectivity index (χ4n) is 3.34. The lowest BCUT2D eigenvalue weighted by Crippen LogP contribution is -2.64. The highest BCUT2D eigenvalue weighted by Crippen LogP contribution is 2.49. The Hall–Kier alpha value is -2.12. The summed E-state index contributed by atoms with van der Waals surface area (Å²) in [5.41, 5.74) is 0.450. The van der Waals surface area contributed by atoms with Gasteiger partial charge in [-0.3, -0.25) is 0 Å². The molecule has 1 atom stereocenters. The predicted octanol–water partition coefficient (Wildman–Crippen LogP) is 5.38. The molecular weight excluding hydrogens is 374 g/mol. The van der Waals surface area contributed by atoms with Gasteiger partial charge in [-0.1, -0.05) is 20.8 Å². The zero-order chi connectivity index (χ0) is 21.7. The second-order valence-electron chi connectivity index (χ2n) is 9.73. The molecule has 0 bridgehead atoms. The van der Waals surface area contributed by atoms with Gasteiger partial charge in [-0.05, 0) is 51.0 Å². The van der Waals surface area contributed by atoms with Crippen LogP contribution in [0.25, 0.3) is 6.08 Å². The van der Waals surface area contributed by atoms with Gasteiger partial charge in [0.25, 0.3) is 0 Å². The highest BCUT2D eigenvalue weighted by atomic mass is 28.4. The van der Waals surface area contributed by atoms with Crippen LogP contribution in [0.2, 0.25) is 18.1 Å². The van der Waals surface area contributed by atoms with E-state index in [1.165, 1.54) is 7.11 Å². The van der Waals surface area contributed by atoms with Crippen LogP contribution in [0.4, 0.5) is 10.5 Å². The van der Waals surface area contributed by atoms with E-state index in [1.54, 1.807) is 32.9 Å². The average molecular weight is 407 g/mol. The van der Waals surface area contributed by atoms with Gasteiger partial charge in [-0.2, -0.15) is 4.79 Å². The van der Waals surface area contributed by atoms with Crippen LogP contribution < -0.4 is 8.91 Å². The first-order valence-electron chi connectivity index (χ1n) is 9.36. The SMILES string of the molecule is COC(=O)C1=Cc2ccc(O[Si](C)(C)C(C)(C)C)cc2[N+]1(C(=O)O)C(C)(C)C. The topological polar surface area (TPSA) is 72.8 Å². The van der Waals surface area contributed by atoms with E-state index in [0.29, 0.717) is 17.0 Å². The van der Waals surface area contributed by atoms with Crippen molar-refractivity contribution in [1.29, 1.82) is 0 Å². The molecule has 0 aliphatic carbocycles. The van der Waals surface area contributed by atoms with Crippen LogP contribution in [-0.2, 0) is 9.53 Å². The van der Waals surface area contributed by atoms with E-state index < -0.39 is 30.4 Å². The summed E-state index contributed by atoms with van der Waals surface area (Å²) in [7, 11) is -0.845. The van der Waals surface area contributed by atoms with Gasteiger partial charge in [0.2, 0.25) is 14.0 Å². The Bertz CT molecular complexity index is 845. The lowest BCUT2D eigenvalue weighted by molar-refractivity contribution is -0.138. The minimum absolute atomic E-state index is 0.00418. The van der Waals surface area contributed by atoms with Crippen LogP contribution in [0.15, 0.2) is 23.9 Å². The molecule has 1 aromatic rings. The number of esters is 1. The number of ether oxygens (including phenoxy) is 1. The van der Waals surface area contributed by atoms with Gasteiger partial charge in [0.15, 0.2) is 5.69 Å². The Morgan fingerprint density at radius 1 is 1.07 bits per heavy atom. The normalized spacial score (nSPS) is 19.7. The van der Waals surface area contributed by atoms with Crippen LogP contribution in [0.5, 0.6) is 5.75 Å². The van der Waals surface area contributed by atoms with Gasteiger partial charge in [0.1, 0.15) is 11.3 Å². The third-order valence-electron chi connectivity index (χ3n) is 5.88. The summed E-state index contributed by atoms with van der Waals surface area (Å²) >= 11 is 0. The molecule has 1 aromatic carbocycles. The largest absolute Gasteiger partial charge is 0.543 e. The Morgan fingerprint density at radius 3 is 2.07 bits per heavy atom. The van der Waals surface area contributed by atoms with E-state index in [9.17, 15) is 14.7 Å². The zero-order valence-corrected chi connectivity index (χ0v) is 19.3. The summed E-state index contributed by atoms with van der Waals surface area (Å²) < 4.78 is 10.7. The minimum Gasteiger partial charge on any atom is -0.543 e. The number of quaternary nitrogens is 1. The molecule has 1 amide bonds. The van der Waals surface area contributed by atoms with Gasteiger partial charge in [-0.15, -0.1) is 4.48 Å². The van der Waals surface area contributed by atoms with Crippen LogP contribution in [0.3, 0.4) is 0 Å². The van der Waals surface area contributed by atoms with Crippen molar-refractivity contribution in [1.82, 2.24) is 4.48 Å². The Balaban J connectivity index is 2.70. The number of rotatable bonds is 3. The fourth-order valence-corrected chi connectivity index (χ4v) is 4.36. The molecule has 0 fully saturated rings. The van der Waals surface area contributed by atoms with Crippen molar-refractivity contribution in [3.63, 3.8) is 0 Å². The number of amides is 1. The number of hydrogen-bond acceptors (Lipinski definition) is 4. The second-order valence-corrected chi connectivity index (χ2v) is 14.5. The number of carbonyl (C=O) groups is 2. The van der Waals surface area contributed by atoms with E-state index in [-0.39, 0.29) is 10.7 Å². The van der Waals surface area contributed by atoms with E-state index in [1.807, 2.05) is 12.1 Å². The summed E-state index contributed by atoms with van der Waals surface area (Å²) in [6, 6.07) is 5.42. The van der Waals surface area contributed by atoms with Crippen LogP contribution >= 0.6 is 0 Å². The molecule has 1 heterocycles. The summed E-state index contributed by atoms with van der Waals surface area (Å²) in [6.45, 7) is 16.1. The quantitative estimate of drug-likeness (QED) is 0.414. The van der Waals surface area contributed by atoms with Gasteiger partial charge in [0.05, 0.1) is 7.11 Å². The molecule has 0 saturated carbocycles. The maximum Gasteiger partial charge on any atom is 0.524 e. The number of benzene rings is 1. The van der Waals surface area contributed by atoms with Crippen molar-refractivity contribution >= 4 is 32.1 Å². The van der Waals surface area contributed by atoms with Gasteiger partial charge in [0, 0.05) is 17.7 Å². The molecule has 6 nitrogen and oxygen atoms in total. The maximum absolute atomic E-state index is 12.6. The van der Waals surface area contributed by atoms with Gasteiger partial charge in [-0.25, -0.2) is 4.79 Å². The van der Waals surface area contributed by atoms with E-state index in [0.717, 1.165) is 0 Å². The van der Waals surface area contributed by atoms with Crippen molar-refractivity contribution in [2.45, 2.75) is 65.2 Å². The summed E-state index contributed by atoms with van der Waals surface area (Å²) in [5.74, 6) is -0.0294. The maximum atomic E-state index is 12.6. The van der Waals surface area contributed by atoms with Crippen molar-refractivity contribution < 1.29 is 23.9 Å². The van der Waals surface area contributed by atoms with Crippen LogP contribution in [-0.4, -0.2) is 38.1 Å². The molecule has 1 aliphatic heterocycles. The molecule has 0 saturated heterocycles. The highest BCUT2D eigenvalue weighted by molar-refractivity contribution is 6.74. The van der Waals surface area contributed by atoms with Crippen molar-refractivity contribution in [3.05, 3.63) is 29.5 Å². The highest BCUT2D eigenvalue weighted by Gasteiger charge is 2.60. The first kappa shape index (κ1) is 22.2. The predicted molar refractivity (Wildman–Crippen MR) is 114 cm³/mol. The Labute approximate surface area is 168 Å². The number of fused-ring (bicyclic) bond motifs is 1. The lowest BCUT2D eigenvalue weighted by Gasteiger charge is -2.41. The number of carboxylic acid groups (broad SMARTS) is 1. The number of methoxy groups -OCH3 is 1. The van der Waals surface area contributed by atoms with E-state index >= 15 is 0 Å². The first-order valence-corrected chi connectivity index (χ1v) is 12.3. The average Bonchev–Trinajstić information content (AvgIpc) is 2.87. The fraction of sp³-hybridized carbons (Fsp3) is 0.524. The van der Waals surface area contributed by atoms with Crippen molar-refractivity contribution in [2.24, 2.45) is 0 Å². The summed E-state index contributed by atoms with van der Waals surface area (Å²) in [5, 5.41) is 10.3. The van der Waals surface area contributed by atoms with E-state index in [4.69, 9.17) is 9.16 Å². The third kappa shape index (κ3) is 3.26. The minimum atomic E-state index is -2.11. The third-order valence-corrected chi connectivity index (χ3v) is 10.2. The molecule has 1 N–H and O–H groups in total. The Morgan fingerprint density at radius 2 is 1.64 bits per heavy atom. The zero-order valence-electron chi connectivity index (χ0n) is 18.3. The number of carbonyl (C=O) groups excluding carboxylic acids is 1. The van der Waals surface area contributed by atoms with E-state index in [2.05, 4.69) is 33.9 Å². The number of nitrogens with zero attached hydrogens (tertiary/aromatic N) is 1. The first-order chi connectivity index (χ1) is 12.6. The van der Waals surface area contributed by atoms with Crippen LogP contribution in [0.1, 0.15) is 47.1 Å². The van der Waals surface area contributed by atoms with Crippen molar-refractivity contribution in [2.75, 3.05) is 7.11 Å². The summed E-state index contributed by atoms with van der Waals surface area (Å²) in [6.07, 6.45) is 0.476. The van der Waals surface area contributed by atoms with Crippen molar-refractivity contribution in [3.8, 4) is 5.75 Å². The van der Waals surface area contributed by atoms with Gasteiger partial charge >= 0.3 is 12.1 Å². The van der Waals surface area contributed by atoms with Crippen LogP contribution in [0, 0.1) is 0 Å². The number of hydrogen-bond donors (Lipinski definition) is 1. The smallest absolute Gasteiger partial charge is 0.524 e. The standard InChI is InChI=1S/C21H31NO5Si/c1-20(2,3)22(19(24)25)16-13-15(27-28(8,9)21(4,5)6)11-10-14(16)12-17(22)18(23)26-7/h10-13H,1-9H3/p+1. The second kappa shape index (κ2) is 6.74. The molecular formula is C21H32NO5Si+. The molecule has 0 spiro atoms. The molecule has 2 rings (SSSR count). The molecule has 7 heteroatoms. The molecule has 28 heavy (non-hydrogen) atoms. The monoisotopic (exact) mass is 406 g/mol. The molecule has 0 radical (unpaired) electrons. The Kier molecular flexibility index (Phi) is 5.34. The molecule has 1 aliphatic rings. The summed E-state index contributed by atoms with van der Waals surface area (Å²) in [4.78, 5) is 25.1. The molecule has 154 valence electrons. The van der Waals surface area contributed by atoms with Gasteiger partial charge < -0.3 is 14.3 Å². The molecule has 0 aromatic heterocycles. The molecule has 1 unspecified atom stereocenters.